The van der Waals surface area contributed by atoms with Crippen LogP contribution in [0.15, 0.2) is 71.8 Å². The van der Waals surface area contributed by atoms with Gasteiger partial charge in [0.05, 0.1) is 34.0 Å². The molecule has 3 N–H and O–H groups in total. The summed E-state index contributed by atoms with van der Waals surface area (Å²) in [4.78, 5) is 39.0. The van der Waals surface area contributed by atoms with E-state index in [0.29, 0.717) is 62.8 Å². The molecule has 0 saturated heterocycles. The second kappa shape index (κ2) is 25.7. The Morgan fingerprint density at radius 3 is 1.62 bits per heavy atom. The number of allylic oxidation sites excluding steroid dienone is 2. The number of aldehydes is 2. The Morgan fingerprint density at radius 2 is 1.14 bits per heavy atom. The maximum absolute atomic E-state index is 13.6. The molecule has 10 nitrogen and oxygen atoms in total. The number of alkyl halides is 2. The van der Waals surface area contributed by atoms with Gasteiger partial charge in [-0.05, 0) is 159 Å². The van der Waals surface area contributed by atoms with Crippen molar-refractivity contribution < 1.29 is 48.7 Å². The van der Waals surface area contributed by atoms with E-state index in [1.165, 1.54) is 11.9 Å². The molecule has 6 aliphatic carbocycles. The van der Waals surface area contributed by atoms with E-state index in [1.807, 2.05) is 38.1 Å². The number of methoxy groups -OCH3 is 2. The predicted molar refractivity (Wildman–Crippen MR) is 290 cm³/mol. The summed E-state index contributed by atoms with van der Waals surface area (Å²) in [6.45, 7) is 15.7. The van der Waals surface area contributed by atoms with Crippen molar-refractivity contribution in [3.63, 3.8) is 0 Å². The average molecular weight is 1050 g/mol. The SMILES string of the molecule is CC(C)C1=CC2C[C@@]1(C(=O)O)[C@@](C=O)(C1CC(Cl)C(C)C1CCCCO)C2.CO.COc1ccc(COCCCCC2C(C)C(Cl)CC2[C@@]2(C=O)CC3C=C(C(C)C)[C@@]2(COCc2ccc(OC)cc2)C3)cc1. The molecule has 0 spiro atoms. The Hall–Kier alpha value is -3.25. The number of rotatable bonds is 24. The van der Waals surface area contributed by atoms with Crippen LogP contribution in [-0.2, 0) is 37.1 Å². The molecule has 14 atom stereocenters. The maximum atomic E-state index is 13.6. The van der Waals surface area contributed by atoms with Crippen LogP contribution in [0.4, 0.5) is 0 Å². The van der Waals surface area contributed by atoms with Crippen LogP contribution >= 0.6 is 23.2 Å². The highest BCUT2D eigenvalue weighted by molar-refractivity contribution is 6.21. The third-order valence-corrected chi connectivity index (χ3v) is 20.2. The van der Waals surface area contributed by atoms with Crippen molar-refractivity contribution >= 4 is 41.7 Å². The summed E-state index contributed by atoms with van der Waals surface area (Å²) in [6.07, 6.45) is 17.4. The van der Waals surface area contributed by atoms with Crippen LogP contribution < -0.4 is 9.47 Å². The van der Waals surface area contributed by atoms with Crippen LogP contribution in [0.1, 0.15) is 130 Å². The van der Waals surface area contributed by atoms with Crippen molar-refractivity contribution in [3.05, 3.63) is 83.0 Å². The van der Waals surface area contributed by atoms with E-state index in [1.54, 1.807) is 14.2 Å². The molecular weight excluding hydrogens is 964 g/mol. The lowest BCUT2D eigenvalue weighted by Crippen LogP contribution is -2.53. The zero-order valence-corrected chi connectivity index (χ0v) is 46.8. The first kappa shape index (κ1) is 59.0. The largest absolute Gasteiger partial charge is 0.497 e. The molecule has 0 amide bonds. The van der Waals surface area contributed by atoms with Gasteiger partial charge in [-0.2, -0.15) is 0 Å². The Labute approximate surface area is 447 Å². The van der Waals surface area contributed by atoms with Crippen LogP contribution in [0.25, 0.3) is 0 Å². The summed E-state index contributed by atoms with van der Waals surface area (Å²) >= 11 is 13.7. The Balaban J connectivity index is 0.000000256. The Morgan fingerprint density at radius 1 is 0.671 bits per heavy atom. The van der Waals surface area contributed by atoms with Crippen molar-refractivity contribution in [1.82, 2.24) is 0 Å². The third-order valence-electron chi connectivity index (χ3n) is 19.0. The van der Waals surface area contributed by atoms with Gasteiger partial charge in [0.15, 0.2) is 0 Å². The number of ether oxygens (including phenoxy) is 4. The van der Waals surface area contributed by atoms with Gasteiger partial charge in [0.1, 0.15) is 29.5 Å². The van der Waals surface area contributed by atoms with Crippen molar-refractivity contribution in [2.45, 2.75) is 143 Å². The molecule has 0 aliphatic heterocycles. The molecular formula is C61H88Cl2O10. The quantitative estimate of drug-likeness (QED) is 0.0401. The zero-order valence-electron chi connectivity index (χ0n) is 45.3. The van der Waals surface area contributed by atoms with Gasteiger partial charge in [-0.1, -0.05) is 102 Å². The lowest BCUT2D eigenvalue weighted by Gasteiger charge is -2.51. The number of fused-ring (bicyclic) bond motifs is 4. The lowest BCUT2D eigenvalue weighted by molar-refractivity contribution is -0.160. The van der Waals surface area contributed by atoms with Crippen molar-refractivity contribution in [1.29, 1.82) is 0 Å². The standard InChI is InChI=1S/C38H51ClO5.C22H33ClO4.CH4O/c1-26(2)34-18-30-20-37(24-40,38(34,21-30)25-44-23-29-11-15-32(42-5)16-12-29)35-19-36(39)27(3)33(35)8-6-7-17-43-22-28-9-13-31(41-4)14-10-28;1-13(2)17-8-15-10-21(12-25,22(17,11-15)20(26)27)18-9-19(23)14(3)16(18)6-4-5-7-24;1-2/h9-16,18,24,26-27,30,33,35-36H,6-8,17,19-23,25H2,1-5H3;8,12-16,18-19,24H,4-7,9-11H2,1-3H3,(H,26,27);2H,1H3/t27?,30?,33?,35?,36?,37-,38-;14?,15?,16?,18?,19?,21-,22+;/m00./s1. The summed E-state index contributed by atoms with van der Waals surface area (Å²) in [7, 11) is 4.36. The minimum Gasteiger partial charge on any atom is -0.497 e. The Bertz CT molecular complexity index is 2180. The summed E-state index contributed by atoms with van der Waals surface area (Å²) in [5.41, 5.74) is 1.98. The van der Waals surface area contributed by atoms with E-state index in [4.69, 9.17) is 52.4 Å². The molecule has 73 heavy (non-hydrogen) atoms. The van der Waals surface area contributed by atoms with E-state index >= 15 is 0 Å². The number of carboxylic acids is 1. The summed E-state index contributed by atoms with van der Waals surface area (Å²) in [6, 6.07) is 16.1. The highest BCUT2D eigenvalue weighted by Crippen LogP contribution is 2.72. The highest BCUT2D eigenvalue weighted by Gasteiger charge is 2.72. The van der Waals surface area contributed by atoms with E-state index in [0.717, 1.165) is 106 Å². The van der Waals surface area contributed by atoms with Gasteiger partial charge in [-0.3, -0.25) is 4.79 Å². The number of hydrogen-bond acceptors (Lipinski definition) is 9. The number of hydrogen-bond donors (Lipinski definition) is 3. The third kappa shape index (κ3) is 11.4. The number of unbranched alkanes of at least 4 members (excludes halogenated alkanes) is 2. The van der Waals surface area contributed by atoms with Crippen LogP contribution in [0.2, 0.25) is 0 Å². The molecule has 0 heterocycles. The molecule has 6 aliphatic rings. The second-order valence-electron chi connectivity index (χ2n) is 23.2. The molecule has 4 bridgehead atoms. The minimum absolute atomic E-state index is 0.00487. The smallest absolute Gasteiger partial charge is 0.314 e. The molecule has 0 aromatic heterocycles. The van der Waals surface area contributed by atoms with Crippen molar-refractivity contribution in [2.24, 2.45) is 80.8 Å². The fourth-order valence-electron chi connectivity index (χ4n) is 15.7. The van der Waals surface area contributed by atoms with Crippen molar-refractivity contribution in [2.75, 3.05) is 41.2 Å². The Kier molecular flexibility index (Phi) is 20.8. The normalized spacial score (nSPS) is 34.8. The number of carboxylic acid groups (broad SMARTS) is 1. The summed E-state index contributed by atoms with van der Waals surface area (Å²) in [5, 5.41) is 26.6. The molecule has 8 rings (SSSR count). The molecule has 12 heteroatoms. The fraction of sp³-hybridized carbons (Fsp3) is 0.689. The van der Waals surface area contributed by atoms with Gasteiger partial charge >= 0.3 is 5.97 Å². The van der Waals surface area contributed by atoms with Gasteiger partial charge in [0.25, 0.3) is 0 Å². The van der Waals surface area contributed by atoms with Gasteiger partial charge in [-0.15, -0.1) is 23.2 Å². The average Bonchev–Trinajstić information content (AvgIpc) is 4.24. The number of aliphatic hydroxyl groups excluding tert-OH is 2. The molecule has 2 aromatic carbocycles. The number of carbonyl (C=O) groups excluding carboxylic acids is 2. The van der Waals surface area contributed by atoms with E-state index in [-0.39, 0.29) is 58.3 Å². The van der Waals surface area contributed by atoms with Crippen LogP contribution in [0.5, 0.6) is 11.5 Å². The van der Waals surface area contributed by atoms with Crippen LogP contribution in [0.3, 0.4) is 0 Å². The van der Waals surface area contributed by atoms with Gasteiger partial charge in [0.2, 0.25) is 0 Å². The number of aliphatic hydroxyl groups is 2. The van der Waals surface area contributed by atoms with Crippen LogP contribution in [-0.4, -0.2) is 85.8 Å². The molecule has 0 radical (unpaired) electrons. The summed E-state index contributed by atoms with van der Waals surface area (Å²) < 4.78 is 23.1. The monoisotopic (exact) mass is 1050 g/mol. The van der Waals surface area contributed by atoms with E-state index in [2.05, 4.69) is 64.1 Å². The van der Waals surface area contributed by atoms with Gasteiger partial charge in [-0.25, -0.2) is 0 Å². The molecule has 2 aromatic rings. The first-order chi connectivity index (χ1) is 35.0. The molecule has 4 saturated carbocycles. The molecule has 10 unspecified atom stereocenters. The van der Waals surface area contributed by atoms with E-state index in [9.17, 15) is 19.5 Å². The van der Waals surface area contributed by atoms with Crippen LogP contribution in [0, 0.1) is 80.8 Å². The summed E-state index contributed by atoms with van der Waals surface area (Å²) in [5.74, 6) is 3.47. The number of benzene rings is 2. The maximum Gasteiger partial charge on any atom is 0.314 e. The van der Waals surface area contributed by atoms with Crippen molar-refractivity contribution in [3.8, 4) is 11.5 Å². The fourth-order valence-corrected chi connectivity index (χ4v) is 16.5. The number of halogens is 2. The predicted octanol–water partition coefficient (Wildman–Crippen LogP) is 12.6. The minimum atomic E-state index is -1.08. The first-order valence-corrected chi connectivity index (χ1v) is 28.2. The number of aliphatic carboxylic acids is 1. The highest BCUT2D eigenvalue weighted by atomic mass is 35.5. The number of carbonyl (C=O) groups is 3. The molecule has 4 fully saturated rings. The van der Waals surface area contributed by atoms with Gasteiger partial charge < -0.3 is 43.9 Å². The lowest BCUT2D eigenvalue weighted by atomic mass is 9.52. The zero-order chi connectivity index (χ0) is 53.3. The first-order valence-electron chi connectivity index (χ1n) is 27.4. The molecule has 406 valence electrons. The van der Waals surface area contributed by atoms with Gasteiger partial charge in [0, 0.05) is 47.3 Å². The second-order valence-corrected chi connectivity index (χ2v) is 24.3. The van der Waals surface area contributed by atoms with E-state index < -0.39 is 22.2 Å². The topological polar surface area (TPSA) is 149 Å².